The van der Waals surface area contributed by atoms with Crippen LogP contribution in [0.4, 0.5) is 0 Å². The Bertz CT molecular complexity index is 1020. The average molecular weight is 439 g/mol. The van der Waals surface area contributed by atoms with Crippen LogP contribution in [0.3, 0.4) is 0 Å². The molecule has 0 N–H and O–H groups in total. The van der Waals surface area contributed by atoms with Crippen LogP contribution < -0.4 is 4.74 Å². The van der Waals surface area contributed by atoms with Gasteiger partial charge in [0.15, 0.2) is 16.8 Å². The van der Waals surface area contributed by atoms with Crippen molar-refractivity contribution in [3.05, 3.63) is 71.0 Å². The molecule has 0 radical (unpaired) electrons. The fourth-order valence-electron chi connectivity index (χ4n) is 3.60. The van der Waals surface area contributed by atoms with Gasteiger partial charge in [0, 0.05) is 16.9 Å². The Morgan fingerprint density at radius 1 is 1.16 bits per heavy atom. The molecule has 3 rings (SSSR count). The maximum absolute atomic E-state index is 11.8. The molecule has 0 aliphatic rings. The highest BCUT2D eigenvalue weighted by atomic mass is 32.2. The Balaban J connectivity index is 1.93. The van der Waals surface area contributed by atoms with E-state index in [2.05, 4.69) is 52.8 Å². The Labute approximate surface area is 188 Å². The zero-order valence-electron chi connectivity index (χ0n) is 18.8. The van der Waals surface area contributed by atoms with Crippen molar-refractivity contribution >= 4 is 17.5 Å². The third-order valence-corrected chi connectivity index (χ3v) is 6.30. The van der Waals surface area contributed by atoms with Crippen molar-refractivity contribution in [3.8, 4) is 5.75 Å². The number of methoxy groups -OCH3 is 1. The van der Waals surface area contributed by atoms with Crippen molar-refractivity contribution in [1.82, 2.24) is 19.7 Å². The first-order valence-corrected chi connectivity index (χ1v) is 11.4. The molecule has 0 spiro atoms. The highest BCUT2D eigenvalue weighted by molar-refractivity contribution is 7.98. The molecule has 0 aliphatic heterocycles. The molecule has 0 fully saturated rings. The van der Waals surface area contributed by atoms with Gasteiger partial charge in [-0.2, -0.15) is 0 Å². The van der Waals surface area contributed by atoms with E-state index < -0.39 is 0 Å². The largest absolute Gasteiger partial charge is 0.496 e. The minimum Gasteiger partial charge on any atom is -0.496 e. The van der Waals surface area contributed by atoms with Gasteiger partial charge >= 0.3 is 0 Å². The number of benzene rings is 2. The van der Waals surface area contributed by atoms with Crippen molar-refractivity contribution in [1.29, 1.82) is 0 Å². The van der Waals surface area contributed by atoms with Crippen LogP contribution in [0, 0.1) is 0 Å². The van der Waals surface area contributed by atoms with Crippen LogP contribution in [0.2, 0.25) is 0 Å². The fraction of sp³-hybridized carbons (Fsp3) is 0.375. The molecular formula is C24H30N4O2S. The van der Waals surface area contributed by atoms with Gasteiger partial charge in [-0.15, -0.1) is 10.2 Å². The maximum atomic E-state index is 11.8. The summed E-state index contributed by atoms with van der Waals surface area (Å²) in [6.45, 7) is 4.45. The van der Waals surface area contributed by atoms with Gasteiger partial charge in [0.05, 0.1) is 19.7 Å². The predicted molar refractivity (Wildman–Crippen MR) is 125 cm³/mol. The van der Waals surface area contributed by atoms with Gasteiger partial charge in [-0.1, -0.05) is 49.0 Å². The Morgan fingerprint density at radius 3 is 2.52 bits per heavy atom. The topological polar surface area (TPSA) is 60.2 Å². The molecule has 1 atom stereocenters. The van der Waals surface area contributed by atoms with Crippen molar-refractivity contribution in [2.45, 2.75) is 43.8 Å². The second-order valence-corrected chi connectivity index (χ2v) is 8.61. The number of thioether (sulfide) groups is 1. The normalized spacial score (nSPS) is 12.2. The molecule has 0 saturated heterocycles. The Morgan fingerprint density at radius 2 is 1.90 bits per heavy atom. The predicted octanol–water partition coefficient (Wildman–Crippen LogP) is 4.84. The Kier molecular flexibility index (Phi) is 7.87. The van der Waals surface area contributed by atoms with Crippen molar-refractivity contribution < 1.29 is 9.53 Å². The molecule has 1 heterocycles. The van der Waals surface area contributed by atoms with Crippen molar-refractivity contribution in [3.63, 3.8) is 0 Å². The van der Waals surface area contributed by atoms with Crippen molar-refractivity contribution in [2.75, 3.05) is 21.2 Å². The van der Waals surface area contributed by atoms with Crippen LogP contribution in [-0.4, -0.2) is 46.7 Å². The summed E-state index contributed by atoms with van der Waals surface area (Å²) >= 11 is 1.61. The molecule has 7 heteroatoms. The smallest absolute Gasteiger partial charge is 0.191 e. The van der Waals surface area contributed by atoms with Crippen LogP contribution in [0.25, 0.3) is 0 Å². The van der Waals surface area contributed by atoms with Gasteiger partial charge < -0.3 is 9.30 Å². The first kappa shape index (κ1) is 23.0. The van der Waals surface area contributed by atoms with Crippen LogP contribution in [0.1, 0.15) is 53.6 Å². The second-order valence-electron chi connectivity index (χ2n) is 7.67. The summed E-state index contributed by atoms with van der Waals surface area (Å²) in [4.78, 5) is 14.0. The number of hydrogen-bond donors (Lipinski definition) is 0. The van der Waals surface area contributed by atoms with E-state index in [0.717, 1.165) is 28.7 Å². The lowest BCUT2D eigenvalue weighted by Crippen LogP contribution is -2.23. The van der Waals surface area contributed by atoms with Crippen LogP contribution >= 0.6 is 11.8 Å². The van der Waals surface area contributed by atoms with E-state index in [9.17, 15) is 4.79 Å². The number of hydrogen-bond acceptors (Lipinski definition) is 6. The monoisotopic (exact) mass is 438 g/mol. The number of nitrogens with zero attached hydrogens (tertiary/aromatic N) is 4. The highest BCUT2D eigenvalue weighted by Crippen LogP contribution is 2.31. The molecule has 31 heavy (non-hydrogen) atoms. The summed E-state index contributed by atoms with van der Waals surface area (Å²) in [6.07, 6.45) is 0.944. The lowest BCUT2D eigenvalue weighted by Gasteiger charge is -2.23. The van der Waals surface area contributed by atoms with E-state index >= 15 is 0 Å². The van der Waals surface area contributed by atoms with Crippen molar-refractivity contribution in [2.24, 2.45) is 0 Å². The van der Waals surface area contributed by atoms with Gasteiger partial charge in [-0.05, 0) is 51.2 Å². The van der Waals surface area contributed by atoms with E-state index in [1.807, 2.05) is 30.3 Å². The van der Waals surface area contributed by atoms with E-state index in [0.29, 0.717) is 17.9 Å². The molecule has 1 unspecified atom stereocenters. The minimum atomic E-state index is 0.0419. The van der Waals surface area contributed by atoms with Gasteiger partial charge in [-0.25, -0.2) is 0 Å². The van der Waals surface area contributed by atoms with Gasteiger partial charge in [0.1, 0.15) is 5.75 Å². The summed E-state index contributed by atoms with van der Waals surface area (Å²) < 4.78 is 7.72. The highest BCUT2D eigenvalue weighted by Gasteiger charge is 2.22. The fourth-order valence-corrected chi connectivity index (χ4v) is 4.52. The maximum Gasteiger partial charge on any atom is 0.191 e. The molecule has 3 aromatic rings. The quantitative estimate of drug-likeness (QED) is 0.333. The van der Waals surface area contributed by atoms with Crippen LogP contribution in [-0.2, 0) is 12.3 Å². The molecule has 2 aromatic carbocycles. The number of carbonyl (C=O) groups is 1. The number of aromatic nitrogens is 3. The summed E-state index contributed by atoms with van der Waals surface area (Å²) in [5, 5.41) is 9.96. The first-order valence-electron chi connectivity index (χ1n) is 10.4. The Hall–Kier alpha value is -2.64. The minimum absolute atomic E-state index is 0.0419. The second kappa shape index (κ2) is 10.6. The molecule has 0 amide bonds. The van der Waals surface area contributed by atoms with Gasteiger partial charge in [0.25, 0.3) is 0 Å². The third kappa shape index (κ3) is 5.54. The van der Waals surface area contributed by atoms with E-state index in [1.54, 1.807) is 31.9 Å². The standard InChI is InChI=1S/C24H30N4O2S/c1-6-21(27(3)4)23-25-26-24(28(23)15-18-10-8-7-9-11-18)31-16-20-14-19(17(2)29)12-13-22(20)30-5/h7-14,21H,6,15-16H2,1-5H3. The molecule has 164 valence electrons. The van der Waals surface area contributed by atoms with Gasteiger partial charge in [0.2, 0.25) is 0 Å². The van der Waals surface area contributed by atoms with Crippen LogP contribution in [0.15, 0.2) is 53.7 Å². The lowest BCUT2D eigenvalue weighted by atomic mass is 10.1. The lowest BCUT2D eigenvalue weighted by molar-refractivity contribution is 0.101. The first-order chi connectivity index (χ1) is 14.9. The van der Waals surface area contributed by atoms with E-state index in [4.69, 9.17) is 4.74 Å². The SMILES string of the molecule is CCC(c1nnc(SCc2cc(C(C)=O)ccc2OC)n1Cc1ccccc1)N(C)C. The molecule has 0 aliphatic carbocycles. The zero-order chi connectivity index (χ0) is 22.4. The molecule has 1 aromatic heterocycles. The van der Waals surface area contributed by atoms with Crippen LogP contribution in [0.5, 0.6) is 5.75 Å². The average Bonchev–Trinajstić information content (AvgIpc) is 3.15. The number of carbonyl (C=O) groups excluding carboxylic acids is 1. The summed E-state index contributed by atoms with van der Waals surface area (Å²) in [6, 6.07) is 16.1. The summed E-state index contributed by atoms with van der Waals surface area (Å²) in [7, 11) is 5.79. The number of ketones is 1. The zero-order valence-corrected chi connectivity index (χ0v) is 19.6. The summed E-state index contributed by atoms with van der Waals surface area (Å²) in [5.41, 5.74) is 2.85. The van der Waals surface area contributed by atoms with Gasteiger partial charge in [-0.3, -0.25) is 9.69 Å². The molecule has 0 saturated carbocycles. The molecular weight excluding hydrogens is 408 g/mol. The summed E-state index contributed by atoms with van der Waals surface area (Å²) in [5.74, 6) is 2.41. The third-order valence-electron chi connectivity index (χ3n) is 5.28. The number of rotatable bonds is 10. The molecule has 0 bridgehead atoms. The number of Topliss-reactive ketones (excluding diaryl/α,β-unsaturated/α-hetero) is 1. The van der Waals surface area contributed by atoms with E-state index in [1.165, 1.54) is 5.56 Å². The molecule has 6 nitrogen and oxygen atoms in total. The van der Waals surface area contributed by atoms with E-state index in [-0.39, 0.29) is 11.8 Å². The number of ether oxygens (including phenoxy) is 1.